The van der Waals surface area contributed by atoms with Gasteiger partial charge in [-0.15, -0.1) is 0 Å². The molecule has 0 bridgehead atoms. The number of alkyl halides is 3. The van der Waals surface area contributed by atoms with Gasteiger partial charge in [0.25, 0.3) is 5.91 Å². The minimum absolute atomic E-state index is 0.0320. The Kier molecular flexibility index (Phi) is 9.33. The van der Waals surface area contributed by atoms with Gasteiger partial charge in [-0.3, -0.25) is 14.7 Å². The summed E-state index contributed by atoms with van der Waals surface area (Å²) in [7, 11) is 1.49. The summed E-state index contributed by atoms with van der Waals surface area (Å²) in [6.07, 6.45) is -1.10. The molecule has 3 aromatic rings. The number of hydrogen-bond donors (Lipinski definition) is 3. The van der Waals surface area contributed by atoms with E-state index in [2.05, 4.69) is 25.8 Å². The number of halogens is 4. The van der Waals surface area contributed by atoms with Crippen LogP contribution < -0.4 is 25.4 Å². The largest absolute Gasteiger partial charge is 0.490 e. The number of ether oxygens (including phenoxy) is 2. The lowest BCUT2D eigenvalue weighted by molar-refractivity contribution is -0.137. The van der Waals surface area contributed by atoms with Crippen LogP contribution in [-0.2, 0) is 6.18 Å². The molecule has 4 rings (SSSR count). The Labute approximate surface area is 233 Å². The zero-order valence-electron chi connectivity index (χ0n) is 21.5. The Bertz CT molecular complexity index is 1350. The van der Waals surface area contributed by atoms with Gasteiger partial charge in [-0.25, -0.2) is 4.79 Å². The number of nitrogens with zero attached hydrogens (tertiary/aromatic N) is 2. The lowest BCUT2D eigenvalue weighted by Crippen LogP contribution is -2.25. The Hall–Kier alpha value is -4.03. The minimum atomic E-state index is -4.72. The summed E-state index contributed by atoms with van der Waals surface area (Å²) in [5.41, 5.74) is -0.717. The van der Waals surface area contributed by atoms with Gasteiger partial charge in [-0.1, -0.05) is 11.6 Å². The summed E-state index contributed by atoms with van der Waals surface area (Å²) in [6, 6.07) is 10.3. The van der Waals surface area contributed by atoms with Crippen molar-refractivity contribution < 1.29 is 32.2 Å². The predicted octanol–water partition coefficient (Wildman–Crippen LogP) is 6.02. The molecule has 0 aliphatic carbocycles. The molecule has 13 heteroatoms. The third-order valence-electron chi connectivity index (χ3n) is 6.03. The number of anilines is 2. The second kappa shape index (κ2) is 12.9. The zero-order valence-corrected chi connectivity index (χ0v) is 22.2. The van der Waals surface area contributed by atoms with Gasteiger partial charge >= 0.3 is 12.2 Å². The van der Waals surface area contributed by atoms with E-state index in [4.69, 9.17) is 21.1 Å². The van der Waals surface area contributed by atoms with Crippen LogP contribution in [0.4, 0.5) is 29.3 Å². The fraction of sp³-hybridized carbons (Fsp3) is 0.296. The molecule has 0 radical (unpaired) electrons. The second-order valence-corrected chi connectivity index (χ2v) is 9.29. The van der Waals surface area contributed by atoms with Crippen molar-refractivity contribution in [3.05, 3.63) is 71.0 Å². The van der Waals surface area contributed by atoms with Crippen molar-refractivity contribution in [2.75, 3.05) is 43.9 Å². The van der Waals surface area contributed by atoms with E-state index >= 15 is 0 Å². The topological polar surface area (TPSA) is 105 Å². The Morgan fingerprint density at radius 2 is 1.75 bits per heavy atom. The third-order valence-corrected chi connectivity index (χ3v) is 6.34. The van der Waals surface area contributed by atoms with E-state index in [1.165, 1.54) is 19.3 Å². The van der Waals surface area contributed by atoms with Gasteiger partial charge in [0.05, 0.1) is 16.3 Å². The molecular weight excluding hydrogens is 551 g/mol. The summed E-state index contributed by atoms with van der Waals surface area (Å²) in [5, 5.41) is 6.95. The van der Waals surface area contributed by atoms with Crippen LogP contribution >= 0.6 is 11.6 Å². The molecule has 0 unspecified atom stereocenters. The number of hydrogen-bond acceptors (Lipinski definition) is 6. The van der Waals surface area contributed by atoms with Crippen LogP contribution in [0.3, 0.4) is 0 Å². The summed E-state index contributed by atoms with van der Waals surface area (Å²) in [4.78, 5) is 30.6. The highest BCUT2D eigenvalue weighted by Gasteiger charge is 2.34. The SMILES string of the molecule is CNC(=O)c1cc(Oc2ccc(NC(=O)Nc3cc(C(F)(F)F)c(Cl)cc3OCCN3CCCC3)cc2)ccn1. The molecular formula is C27H27ClF3N5O4. The van der Waals surface area contributed by atoms with E-state index in [-0.39, 0.29) is 29.6 Å². The molecule has 212 valence electrons. The first-order valence-corrected chi connectivity index (χ1v) is 12.8. The van der Waals surface area contributed by atoms with E-state index in [1.807, 2.05) is 0 Å². The van der Waals surface area contributed by atoms with E-state index in [1.54, 1.807) is 30.3 Å². The molecule has 0 spiro atoms. The first-order valence-electron chi connectivity index (χ1n) is 12.4. The molecule has 0 saturated carbocycles. The second-order valence-electron chi connectivity index (χ2n) is 8.88. The average molecular weight is 578 g/mol. The van der Waals surface area contributed by atoms with E-state index in [9.17, 15) is 22.8 Å². The standard InChI is InChI=1S/C27H27ClF3N5O4/c1-32-25(37)23-14-19(8-9-33-23)40-18-6-4-17(5-7-18)34-26(38)35-22-15-20(27(29,30)31)21(28)16-24(22)39-13-12-36-10-2-3-11-36/h4-9,14-16H,2-3,10-13H2,1H3,(H,32,37)(H2,34,35,38). The van der Waals surface area contributed by atoms with Crippen molar-refractivity contribution in [2.24, 2.45) is 0 Å². The summed E-state index contributed by atoms with van der Waals surface area (Å²) < 4.78 is 51.9. The zero-order chi connectivity index (χ0) is 28.7. The monoisotopic (exact) mass is 577 g/mol. The van der Waals surface area contributed by atoms with Gasteiger partial charge in [0.15, 0.2) is 0 Å². The number of carbonyl (C=O) groups excluding carboxylic acids is 2. The number of benzene rings is 2. The van der Waals surface area contributed by atoms with Gasteiger partial charge < -0.3 is 25.4 Å². The van der Waals surface area contributed by atoms with Crippen LogP contribution in [0.2, 0.25) is 5.02 Å². The number of amides is 3. The summed E-state index contributed by atoms with van der Waals surface area (Å²) >= 11 is 5.89. The summed E-state index contributed by atoms with van der Waals surface area (Å²) in [6.45, 7) is 2.70. The molecule has 2 aromatic carbocycles. The smallest absolute Gasteiger partial charge is 0.417 e. The van der Waals surface area contributed by atoms with Crippen LogP contribution in [-0.4, -0.2) is 55.1 Å². The van der Waals surface area contributed by atoms with Crippen molar-refractivity contribution in [1.29, 1.82) is 0 Å². The number of rotatable bonds is 9. The maximum absolute atomic E-state index is 13.5. The molecule has 3 amide bonds. The van der Waals surface area contributed by atoms with Crippen molar-refractivity contribution in [1.82, 2.24) is 15.2 Å². The fourth-order valence-corrected chi connectivity index (χ4v) is 4.30. The maximum atomic E-state index is 13.5. The van der Waals surface area contributed by atoms with Gasteiger partial charge in [0.1, 0.15) is 29.5 Å². The summed E-state index contributed by atoms with van der Waals surface area (Å²) in [5.74, 6) is 0.470. The molecule has 9 nitrogen and oxygen atoms in total. The van der Waals surface area contributed by atoms with Crippen LogP contribution in [0.5, 0.6) is 17.2 Å². The predicted molar refractivity (Wildman–Crippen MR) is 144 cm³/mol. The number of aromatic nitrogens is 1. The molecule has 1 aliphatic rings. The highest BCUT2D eigenvalue weighted by atomic mass is 35.5. The lowest BCUT2D eigenvalue weighted by Gasteiger charge is -2.19. The Balaban J connectivity index is 1.42. The van der Waals surface area contributed by atoms with Gasteiger partial charge in [0.2, 0.25) is 0 Å². The van der Waals surface area contributed by atoms with Crippen LogP contribution in [0.15, 0.2) is 54.7 Å². The highest BCUT2D eigenvalue weighted by Crippen LogP contribution is 2.40. The molecule has 0 atom stereocenters. The van der Waals surface area contributed by atoms with Crippen molar-refractivity contribution in [3.8, 4) is 17.2 Å². The normalized spacial score (nSPS) is 13.5. The van der Waals surface area contributed by atoms with Crippen molar-refractivity contribution >= 4 is 34.9 Å². The van der Waals surface area contributed by atoms with Crippen LogP contribution in [0.1, 0.15) is 28.9 Å². The first kappa shape index (κ1) is 29.0. The van der Waals surface area contributed by atoms with E-state index < -0.39 is 22.8 Å². The maximum Gasteiger partial charge on any atom is 0.417 e. The molecule has 3 N–H and O–H groups in total. The first-order chi connectivity index (χ1) is 19.1. The number of carbonyl (C=O) groups is 2. The van der Waals surface area contributed by atoms with Crippen LogP contribution in [0, 0.1) is 0 Å². The quantitative estimate of drug-likeness (QED) is 0.287. The number of likely N-dealkylation sites (tertiary alicyclic amines) is 1. The molecule has 1 saturated heterocycles. The van der Waals surface area contributed by atoms with E-state index in [0.29, 0.717) is 23.7 Å². The van der Waals surface area contributed by atoms with Crippen LogP contribution in [0.25, 0.3) is 0 Å². The lowest BCUT2D eigenvalue weighted by atomic mass is 10.1. The molecule has 40 heavy (non-hydrogen) atoms. The number of urea groups is 1. The van der Waals surface area contributed by atoms with E-state index in [0.717, 1.165) is 38.1 Å². The van der Waals surface area contributed by atoms with Gasteiger partial charge in [-0.05, 0) is 62.3 Å². The molecule has 1 aliphatic heterocycles. The highest BCUT2D eigenvalue weighted by molar-refractivity contribution is 6.31. The average Bonchev–Trinajstić information content (AvgIpc) is 3.44. The Morgan fingerprint density at radius 1 is 1.02 bits per heavy atom. The number of pyridine rings is 1. The van der Waals surface area contributed by atoms with Crippen molar-refractivity contribution in [2.45, 2.75) is 19.0 Å². The third kappa shape index (κ3) is 7.76. The Morgan fingerprint density at radius 3 is 2.42 bits per heavy atom. The molecule has 2 heterocycles. The molecule has 1 aromatic heterocycles. The fourth-order valence-electron chi connectivity index (χ4n) is 4.03. The minimum Gasteiger partial charge on any atom is -0.490 e. The molecule has 1 fully saturated rings. The van der Waals surface area contributed by atoms with Gasteiger partial charge in [0, 0.05) is 37.6 Å². The number of nitrogens with one attached hydrogen (secondary N) is 3. The van der Waals surface area contributed by atoms with Crippen molar-refractivity contribution in [3.63, 3.8) is 0 Å². The van der Waals surface area contributed by atoms with Gasteiger partial charge in [-0.2, -0.15) is 13.2 Å².